The van der Waals surface area contributed by atoms with Gasteiger partial charge in [-0.1, -0.05) is 0 Å². The zero-order valence-electron chi connectivity index (χ0n) is 6.30. The van der Waals surface area contributed by atoms with Crippen LogP contribution in [-0.4, -0.2) is 38.1 Å². The van der Waals surface area contributed by atoms with Gasteiger partial charge in [-0.3, -0.25) is 4.84 Å². The number of nitrogens with one attached hydrogen (secondary N) is 1. The largest absolute Gasteiger partial charge is 0.341 e. The summed E-state index contributed by atoms with van der Waals surface area (Å²) < 4.78 is 23.2. The number of nitrogens with zero attached hydrogens (tertiary/aromatic N) is 1. The fourth-order valence-electron chi connectivity index (χ4n) is 0.455. The molecule has 2 amide bonds. The van der Waals surface area contributed by atoms with E-state index in [1.54, 1.807) is 0 Å². The highest BCUT2D eigenvalue weighted by molar-refractivity contribution is 5.72. The summed E-state index contributed by atoms with van der Waals surface area (Å²) in [6, 6.07) is -0.687. The van der Waals surface area contributed by atoms with Crippen molar-refractivity contribution in [1.82, 2.24) is 10.4 Å². The number of halogens is 2. The standard InChI is InChI=1S/C5H10F2N2O2/c1-9(3-4(6)7)5(10)8-11-2/h4H,3H2,1-2H3,(H,8,10). The lowest BCUT2D eigenvalue weighted by atomic mass is 10.6. The van der Waals surface area contributed by atoms with Gasteiger partial charge in [-0.15, -0.1) is 0 Å². The van der Waals surface area contributed by atoms with Crippen LogP contribution in [-0.2, 0) is 4.84 Å². The molecule has 0 unspecified atom stereocenters. The molecule has 0 radical (unpaired) electrons. The lowest BCUT2D eigenvalue weighted by molar-refractivity contribution is 0.0697. The maximum absolute atomic E-state index is 11.6. The van der Waals surface area contributed by atoms with E-state index in [1.165, 1.54) is 14.2 Å². The van der Waals surface area contributed by atoms with E-state index in [9.17, 15) is 13.6 Å². The molecule has 0 bridgehead atoms. The summed E-state index contributed by atoms with van der Waals surface area (Å²) in [5.74, 6) is 0. The minimum atomic E-state index is -2.53. The lowest BCUT2D eigenvalue weighted by Gasteiger charge is -2.15. The molecule has 0 aromatic rings. The van der Waals surface area contributed by atoms with Gasteiger partial charge in [0.05, 0.1) is 13.7 Å². The van der Waals surface area contributed by atoms with E-state index in [0.717, 1.165) is 4.90 Å². The van der Waals surface area contributed by atoms with Crippen LogP contribution in [0, 0.1) is 0 Å². The van der Waals surface area contributed by atoms with Gasteiger partial charge in [0.25, 0.3) is 6.43 Å². The van der Waals surface area contributed by atoms with Gasteiger partial charge in [0, 0.05) is 7.05 Å². The number of hydrogen-bond donors (Lipinski definition) is 1. The van der Waals surface area contributed by atoms with Gasteiger partial charge < -0.3 is 4.90 Å². The van der Waals surface area contributed by atoms with Crippen molar-refractivity contribution in [2.45, 2.75) is 6.43 Å². The molecule has 0 aromatic carbocycles. The molecule has 1 N–H and O–H groups in total. The first-order valence-electron chi connectivity index (χ1n) is 2.90. The van der Waals surface area contributed by atoms with Gasteiger partial charge in [0.2, 0.25) is 0 Å². The van der Waals surface area contributed by atoms with Crippen LogP contribution in [0.3, 0.4) is 0 Å². The quantitative estimate of drug-likeness (QED) is 0.622. The Kier molecular flexibility index (Phi) is 4.44. The van der Waals surface area contributed by atoms with Crippen LogP contribution >= 0.6 is 0 Å². The van der Waals surface area contributed by atoms with E-state index in [4.69, 9.17) is 0 Å². The summed E-state index contributed by atoms with van der Waals surface area (Å²) >= 11 is 0. The number of carbonyl (C=O) groups is 1. The molecule has 0 aromatic heterocycles. The molecule has 0 saturated carbocycles. The average molecular weight is 168 g/mol. The van der Waals surface area contributed by atoms with E-state index in [-0.39, 0.29) is 0 Å². The number of hydroxylamine groups is 1. The van der Waals surface area contributed by atoms with Crippen molar-refractivity contribution < 1.29 is 18.4 Å². The van der Waals surface area contributed by atoms with Crippen LogP contribution in [0.1, 0.15) is 0 Å². The third-order valence-corrected chi connectivity index (χ3v) is 0.948. The van der Waals surface area contributed by atoms with Crippen LogP contribution in [0.15, 0.2) is 0 Å². The molecule has 0 rings (SSSR count). The molecule has 0 atom stereocenters. The van der Waals surface area contributed by atoms with E-state index in [2.05, 4.69) is 4.84 Å². The monoisotopic (exact) mass is 168 g/mol. The van der Waals surface area contributed by atoms with E-state index in [0.29, 0.717) is 0 Å². The first kappa shape index (κ1) is 10.1. The maximum Gasteiger partial charge on any atom is 0.341 e. The van der Waals surface area contributed by atoms with Gasteiger partial charge in [-0.2, -0.15) is 0 Å². The molecule has 0 fully saturated rings. The van der Waals surface area contributed by atoms with Gasteiger partial charge in [-0.25, -0.2) is 19.1 Å². The Balaban J connectivity index is 3.64. The summed E-state index contributed by atoms with van der Waals surface area (Å²) in [7, 11) is 2.48. The molecule has 0 heterocycles. The summed E-state index contributed by atoms with van der Waals surface area (Å²) in [5, 5.41) is 0. The molecule has 0 aliphatic carbocycles. The Morgan fingerprint density at radius 1 is 1.73 bits per heavy atom. The van der Waals surface area contributed by atoms with E-state index >= 15 is 0 Å². The fraction of sp³-hybridized carbons (Fsp3) is 0.800. The van der Waals surface area contributed by atoms with Crippen LogP contribution < -0.4 is 5.48 Å². The molecule has 0 aliphatic rings. The third-order valence-electron chi connectivity index (χ3n) is 0.948. The van der Waals surface area contributed by atoms with Crippen molar-refractivity contribution in [1.29, 1.82) is 0 Å². The van der Waals surface area contributed by atoms with Gasteiger partial charge in [-0.05, 0) is 0 Å². The SMILES string of the molecule is CONC(=O)N(C)CC(F)F. The topological polar surface area (TPSA) is 41.6 Å². The minimum absolute atomic E-state index is 0.602. The number of hydrogen-bond acceptors (Lipinski definition) is 2. The third kappa shape index (κ3) is 4.49. The number of alkyl halides is 2. The van der Waals surface area contributed by atoms with Crippen molar-refractivity contribution in [3.05, 3.63) is 0 Å². The Morgan fingerprint density at radius 3 is 2.64 bits per heavy atom. The van der Waals surface area contributed by atoms with Crippen molar-refractivity contribution in [2.24, 2.45) is 0 Å². The molecule has 66 valence electrons. The normalized spacial score (nSPS) is 9.91. The highest BCUT2D eigenvalue weighted by Gasteiger charge is 2.12. The molecule has 6 heteroatoms. The first-order chi connectivity index (χ1) is 5.07. The van der Waals surface area contributed by atoms with Gasteiger partial charge >= 0.3 is 6.03 Å². The zero-order valence-corrected chi connectivity index (χ0v) is 6.30. The second kappa shape index (κ2) is 4.84. The zero-order chi connectivity index (χ0) is 8.85. The second-order valence-electron chi connectivity index (χ2n) is 1.88. The number of rotatable bonds is 3. The average Bonchev–Trinajstić information content (AvgIpc) is 1.86. The van der Waals surface area contributed by atoms with Crippen molar-refractivity contribution in [2.75, 3.05) is 20.7 Å². The lowest BCUT2D eigenvalue weighted by Crippen LogP contribution is -2.39. The van der Waals surface area contributed by atoms with Crippen LogP contribution in [0.4, 0.5) is 13.6 Å². The molecular formula is C5H10F2N2O2. The van der Waals surface area contributed by atoms with Crippen molar-refractivity contribution in [3.8, 4) is 0 Å². The Labute approximate surface area is 63.1 Å². The predicted octanol–water partition coefficient (Wildman–Crippen LogP) is 0.454. The summed E-state index contributed by atoms with van der Waals surface area (Å²) in [6.45, 7) is -0.602. The van der Waals surface area contributed by atoms with Crippen molar-refractivity contribution in [3.63, 3.8) is 0 Å². The highest BCUT2D eigenvalue weighted by atomic mass is 19.3. The van der Waals surface area contributed by atoms with Crippen LogP contribution in [0.5, 0.6) is 0 Å². The maximum atomic E-state index is 11.6. The fourth-order valence-corrected chi connectivity index (χ4v) is 0.455. The number of urea groups is 1. The molecule has 0 aliphatic heterocycles. The van der Waals surface area contributed by atoms with E-state index in [1.807, 2.05) is 5.48 Å². The Hall–Kier alpha value is -0.910. The van der Waals surface area contributed by atoms with Crippen LogP contribution in [0.25, 0.3) is 0 Å². The Bertz CT molecular complexity index is 132. The molecular weight excluding hydrogens is 158 g/mol. The number of carbonyl (C=O) groups excluding carboxylic acids is 1. The molecule has 0 saturated heterocycles. The smallest absolute Gasteiger partial charge is 0.320 e. The molecule has 4 nitrogen and oxygen atoms in total. The van der Waals surface area contributed by atoms with Crippen LogP contribution in [0.2, 0.25) is 0 Å². The second-order valence-corrected chi connectivity index (χ2v) is 1.88. The Morgan fingerprint density at radius 2 is 2.27 bits per heavy atom. The van der Waals surface area contributed by atoms with Crippen molar-refractivity contribution >= 4 is 6.03 Å². The predicted molar refractivity (Wildman–Crippen MR) is 34.2 cm³/mol. The first-order valence-corrected chi connectivity index (χ1v) is 2.90. The summed E-state index contributed by atoms with van der Waals surface area (Å²) in [5.41, 5.74) is 1.90. The minimum Gasteiger partial charge on any atom is -0.320 e. The highest BCUT2D eigenvalue weighted by Crippen LogP contribution is 1.95. The number of amides is 2. The van der Waals surface area contributed by atoms with E-state index < -0.39 is 19.0 Å². The summed E-state index contributed by atoms with van der Waals surface area (Å²) in [6.07, 6.45) is -2.53. The summed E-state index contributed by atoms with van der Waals surface area (Å²) in [4.78, 5) is 15.7. The molecule has 0 spiro atoms. The van der Waals surface area contributed by atoms with Gasteiger partial charge in [0.1, 0.15) is 0 Å². The molecule has 11 heavy (non-hydrogen) atoms. The van der Waals surface area contributed by atoms with Gasteiger partial charge in [0.15, 0.2) is 0 Å².